The first-order valence-corrected chi connectivity index (χ1v) is 8.88. The molecule has 0 bridgehead atoms. The van der Waals surface area contributed by atoms with E-state index in [2.05, 4.69) is 15.3 Å². The largest absolute Gasteiger partial charge is 0.482 e. The smallest absolute Gasteiger partial charge is 0.257 e. The summed E-state index contributed by atoms with van der Waals surface area (Å²) in [5.41, 5.74) is 2.12. The van der Waals surface area contributed by atoms with Gasteiger partial charge in [-0.3, -0.25) is 4.79 Å². The van der Waals surface area contributed by atoms with Crippen LogP contribution < -0.4 is 10.1 Å². The molecule has 1 aromatic heterocycles. The SMILES string of the molecule is Cc1[nH]cnc1CSCCNC(=O)COc1ccc(Cl)cc1Cl. The number of aryl methyl sites for hydroxylation is 1. The Labute approximate surface area is 149 Å². The molecular weight excluding hydrogens is 357 g/mol. The minimum atomic E-state index is -0.187. The first-order chi connectivity index (χ1) is 11.1. The second kappa shape index (κ2) is 9.05. The lowest BCUT2D eigenvalue weighted by Gasteiger charge is -2.09. The van der Waals surface area contributed by atoms with Crippen molar-refractivity contribution in [1.29, 1.82) is 0 Å². The van der Waals surface area contributed by atoms with E-state index >= 15 is 0 Å². The van der Waals surface area contributed by atoms with Gasteiger partial charge in [-0.15, -0.1) is 0 Å². The lowest BCUT2D eigenvalue weighted by Crippen LogP contribution is -2.30. The molecule has 0 spiro atoms. The first kappa shape index (κ1) is 18.0. The average molecular weight is 374 g/mol. The van der Waals surface area contributed by atoms with E-state index in [4.69, 9.17) is 27.9 Å². The maximum Gasteiger partial charge on any atom is 0.257 e. The zero-order valence-corrected chi connectivity index (χ0v) is 14.9. The standard InChI is InChI=1S/C15H17Cl2N3O2S/c1-10-13(20-9-19-10)8-23-5-4-18-15(21)7-22-14-3-2-11(16)6-12(14)17/h2-3,6,9H,4-5,7-8H2,1H3,(H,18,21)(H,19,20). The highest BCUT2D eigenvalue weighted by Crippen LogP contribution is 2.27. The van der Waals surface area contributed by atoms with Gasteiger partial charge in [0.15, 0.2) is 6.61 Å². The molecule has 0 aliphatic carbocycles. The van der Waals surface area contributed by atoms with E-state index in [1.54, 1.807) is 36.3 Å². The van der Waals surface area contributed by atoms with Crippen molar-refractivity contribution in [3.05, 3.63) is 46.0 Å². The van der Waals surface area contributed by atoms with Crippen molar-refractivity contribution < 1.29 is 9.53 Å². The topological polar surface area (TPSA) is 67.0 Å². The van der Waals surface area contributed by atoms with Crippen LogP contribution in [-0.4, -0.2) is 34.8 Å². The van der Waals surface area contributed by atoms with Crippen LogP contribution in [0.4, 0.5) is 0 Å². The monoisotopic (exact) mass is 373 g/mol. The Bertz CT molecular complexity index is 664. The van der Waals surface area contributed by atoms with Crippen LogP contribution in [-0.2, 0) is 10.5 Å². The van der Waals surface area contributed by atoms with Crippen LogP contribution in [0.25, 0.3) is 0 Å². The molecule has 0 saturated heterocycles. The molecule has 0 radical (unpaired) electrons. The predicted octanol–water partition coefficient (Wildman–Crippen LogP) is 3.45. The van der Waals surface area contributed by atoms with Crippen molar-refractivity contribution in [1.82, 2.24) is 15.3 Å². The fourth-order valence-electron chi connectivity index (χ4n) is 1.75. The van der Waals surface area contributed by atoms with Crippen LogP contribution in [0.2, 0.25) is 10.0 Å². The van der Waals surface area contributed by atoms with Gasteiger partial charge in [0.1, 0.15) is 5.75 Å². The number of halogens is 2. The Morgan fingerprint density at radius 3 is 2.96 bits per heavy atom. The fraction of sp³-hybridized carbons (Fsp3) is 0.333. The second-order valence-corrected chi connectivity index (χ2v) is 6.69. The second-order valence-electron chi connectivity index (χ2n) is 4.74. The van der Waals surface area contributed by atoms with Gasteiger partial charge in [-0.1, -0.05) is 23.2 Å². The van der Waals surface area contributed by atoms with Gasteiger partial charge < -0.3 is 15.0 Å². The molecule has 0 unspecified atom stereocenters. The molecule has 2 rings (SSSR count). The third kappa shape index (κ3) is 5.97. The van der Waals surface area contributed by atoms with Gasteiger partial charge >= 0.3 is 0 Å². The van der Waals surface area contributed by atoms with Crippen LogP contribution in [0, 0.1) is 6.92 Å². The van der Waals surface area contributed by atoms with E-state index in [0.29, 0.717) is 22.3 Å². The minimum Gasteiger partial charge on any atom is -0.482 e. The van der Waals surface area contributed by atoms with E-state index < -0.39 is 0 Å². The maximum absolute atomic E-state index is 11.7. The van der Waals surface area contributed by atoms with E-state index in [0.717, 1.165) is 22.9 Å². The molecule has 0 aliphatic rings. The lowest BCUT2D eigenvalue weighted by molar-refractivity contribution is -0.122. The number of hydrogen-bond acceptors (Lipinski definition) is 4. The van der Waals surface area contributed by atoms with Gasteiger partial charge in [0.05, 0.1) is 17.0 Å². The van der Waals surface area contributed by atoms with Crippen molar-refractivity contribution >= 4 is 40.9 Å². The number of hydrogen-bond donors (Lipinski definition) is 2. The Kier molecular flexibility index (Phi) is 7.08. The number of rotatable bonds is 8. The number of aromatic nitrogens is 2. The Hall–Kier alpha value is -1.37. The molecular formula is C15H17Cl2N3O2S. The van der Waals surface area contributed by atoms with Crippen LogP contribution in [0.3, 0.4) is 0 Å². The zero-order chi connectivity index (χ0) is 16.7. The third-order valence-corrected chi connectivity index (χ3v) is 4.50. The molecule has 0 atom stereocenters. The Morgan fingerprint density at radius 2 is 2.26 bits per heavy atom. The number of carbonyl (C=O) groups excluding carboxylic acids is 1. The highest BCUT2D eigenvalue weighted by Gasteiger charge is 2.06. The van der Waals surface area contributed by atoms with Gasteiger partial charge in [-0.25, -0.2) is 4.98 Å². The van der Waals surface area contributed by atoms with Crippen molar-refractivity contribution in [2.45, 2.75) is 12.7 Å². The molecule has 0 saturated carbocycles. The van der Waals surface area contributed by atoms with Gasteiger partial charge in [-0.05, 0) is 25.1 Å². The summed E-state index contributed by atoms with van der Waals surface area (Å²) in [6.07, 6.45) is 1.69. The average Bonchev–Trinajstić information content (AvgIpc) is 2.91. The number of H-pyrrole nitrogens is 1. The third-order valence-electron chi connectivity index (χ3n) is 2.99. The summed E-state index contributed by atoms with van der Waals surface area (Å²) < 4.78 is 5.36. The van der Waals surface area contributed by atoms with Crippen molar-refractivity contribution in [2.75, 3.05) is 18.9 Å². The fourth-order valence-corrected chi connectivity index (χ4v) is 3.09. The number of nitrogens with zero attached hydrogens (tertiary/aromatic N) is 1. The van der Waals surface area contributed by atoms with Crippen molar-refractivity contribution in [3.8, 4) is 5.75 Å². The highest BCUT2D eigenvalue weighted by atomic mass is 35.5. The van der Waals surface area contributed by atoms with Crippen LogP contribution in [0.5, 0.6) is 5.75 Å². The van der Waals surface area contributed by atoms with E-state index in [1.165, 1.54) is 0 Å². The highest BCUT2D eigenvalue weighted by molar-refractivity contribution is 7.98. The predicted molar refractivity (Wildman–Crippen MR) is 94.5 cm³/mol. The molecule has 1 amide bonds. The number of nitrogens with one attached hydrogen (secondary N) is 2. The summed E-state index contributed by atoms with van der Waals surface area (Å²) in [6, 6.07) is 4.87. The van der Waals surface area contributed by atoms with Crippen molar-refractivity contribution in [3.63, 3.8) is 0 Å². The maximum atomic E-state index is 11.7. The number of imidazole rings is 1. The summed E-state index contributed by atoms with van der Waals surface area (Å²) in [7, 11) is 0. The summed E-state index contributed by atoms with van der Waals surface area (Å²) >= 11 is 13.5. The summed E-state index contributed by atoms with van der Waals surface area (Å²) in [5.74, 6) is 1.88. The molecule has 23 heavy (non-hydrogen) atoms. The number of ether oxygens (including phenoxy) is 1. The minimum absolute atomic E-state index is 0.0789. The molecule has 2 aromatic rings. The molecule has 5 nitrogen and oxygen atoms in total. The quantitative estimate of drug-likeness (QED) is 0.695. The van der Waals surface area contributed by atoms with Crippen LogP contribution >= 0.6 is 35.0 Å². The Morgan fingerprint density at radius 1 is 1.43 bits per heavy atom. The van der Waals surface area contributed by atoms with Gasteiger partial charge in [-0.2, -0.15) is 11.8 Å². The summed E-state index contributed by atoms with van der Waals surface area (Å²) in [5, 5.41) is 3.70. The molecule has 8 heteroatoms. The van der Waals surface area contributed by atoms with Crippen molar-refractivity contribution in [2.24, 2.45) is 0 Å². The first-order valence-electron chi connectivity index (χ1n) is 6.97. The lowest BCUT2D eigenvalue weighted by atomic mass is 10.3. The normalized spacial score (nSPS) is 10.6. The van der Waals surface area contributed by atoms with E-state index in [9.17, 15) is 4.79 Å². The van der Waals surface area contributed by atoms with E-state index in [-0.39, 0.29) is 12.5 Å². The number of carbonyl (C=O) groups is 1. The zero-order valence-electron chi connectivity index (χ0n) is 12.6. The number of aromatic amines is 1. The number of amides is 1. The number of thioether (sulfide) groups is 1. The van der Waals surface area contributed by atoms with Crippen LogP contribution in [0.15, 0.2) is 24.5 Å². The molecule has 2 N–H and O–H groups in total. The molecule has 0 aliphatic heterocycles. The van der Waals surface area contributed by atoms with Gasteiger partial charge in [0.2, 0.25) is 0 Å². The van der Waals surface area contributed by atoms with Gasteiger partial charge in [0.25, 0.3) is 5.91 Å². The number of benzene rings is 1. The molecule has 1 aromatic carbocycles. The summed E-state index contributed by atoms with van der Waals surface area (Å²) in [6.45, 7) is 2.49. The molecule has 0 fully saturated rings. The Balaban J connectivity index is 1.61. The van der Waals surface area contributed by atoms with Gasteiger partial charge in [0, 0.05) is 28.8 Å². The van der Waals surface area contributed by atoms with Crippen LogP contribution in [0.1, 0.15) is 11.4 Å². The molecule has 1 heterocycles. The van der Waals surface area contributed by atoms with E-state index in [1.807, 2.05) is 6.92 Å². The molecule has 124 valence electrons. The summed E-state index contributed by atoms with van der Waals surface area (Å²) in [4.78, 5) is 19.0.